The molecule has 0 saturated carbocycles. The van der Waals surface area contributed by atoms with Crippen LogP contribution in [0.1, 0.15) is 15.9 Å². The predicted octanol–water partition coefficient (Wildman–Crippen LogP) is 2.25. The van der Waals surface area contributed by atoms with Crippen LogP contribution >= 0.6 is 0 Å². The normalized spacial score (nSPS) is 10.5. The van der Waals surface area contributed by atoms with E-state index in [1.807, 2.05) is 50.2 Å². The SMILES string of the molecule is Cc1ccccc1C(=O)/C=C/N(C)C. The maximum Gasteiger partial charge on any atom is 0.187 e. The van der Waals surface area contributed by atoms with Gasteiger partial charge >= 0.3 is 0 Å². The molecule has 1 aromatic rings. The van der Waals surface area contributed by atoms with Gasteiger partial charge < -0.3 is 4.90 Å². The van der Waals surface area contributed by atoms with Crippen LogP contribution in [0, 0.1) is 6.92 Å². The lowest BCUT2D eigenvalue weighted by Gasteiger charge is -2.04. The van der Waals surface area contributed by atoms with Crippen LogP contribution in [0.3, 0.4) is 0 Å². The van der Waals surface area contributed by atoms with Gasteiger partial charge in [-0.3, -0.25) is 4.79 Å². The van der Waals surface area contributed by atoms with E-state index in [1.165, 1.54) is 0 Å². The lowest BCUT2D eigenvalue weighted by atomic mass is 10.1. The fourth-order valence-corrected chi connectivity index (χ4v) is 1.16. The molecule has 0 aliphatic rings. The Morgan fingerprint density at radius 1 is 1.29 bits per heavy atom. The molecule has 0 aromatic heterocycles. The molecule has 0 spiro atoms. The number of rotatable bonds is 3. The maximum atomic E-state index is 11.7. The molecule has 0 N–H and O–H groups in total. The number of hydrogen-bond donors (Lipinski definition) is 0. The van der Waals surface area contributed by atoms with Crippen molar-refractivity contribution in [2.75, 3.05) is 14.1 Å². The molecule has 0 unspecified atom stereocenters. The molecule has 0 fully saturated rings. The van der Waals surface area contributed by atoms with Gasteiger partial charge in [-0.1, -0.05) is 24.3 Å². The highest BCUT2D eigenvalue weighted by molar-refractivity contribution is 6.05. The first kappa shape index (κ1) is 10.5. The van der Waals surface area contributed by atoms with E-state index in [-0.39, 0.29) is 5.78 Å². The molecule has 0 heterocycles. The number of carbonyl (C=O) groups excluding carboxylic acids is 1. The summed E-state index contributed by atoms with van der Waals surface area (Å²) in [6, 6.07) is 7.60. The van der Waals surface area contributed by atoms with Crippen LogP contribution in [-0.2, 0) is 0 Å². The summed E-state index contributed by atoms with van der Waals surface area (Å²) in [4.78, 5) is 13.5. The Morgan fingerprint density at radius 2 is 1.93 bits per heavy atom. The number of aryl methyl sites for hydroxylation is 1. The molecule has 74 valence electrons. The summed E-state index contributed by atoms with van der Waals surface area (Å²) in [6.45, 7) is 1.94. The molecule has 0 amide bonds. The summed E-state index contributed by atoms with van der Waals surface area (Å²) in [5, 5.41) is 0. The second-order valence-electron chi connectivity index (χ2n) is 3.46. The molecule has 0 aliphatic carbocycles. The standard InChI is InChI=1S/C12H15NO/c1-10-6-4-5-7-11(10)12(14)8-9-13(2)3/h4-9H,1-3H3/b9-8+. The van der Waals surface area contributed by atoms with Crippen molar-refractivity contribution in [3.05, 3.63) is 47.7 Å². The van der Waals surface area contributed by atoms with Gasteiger partial charge in [0.2, 0.25) is 0 Å². The highest BCUT2D eigenvalue weighted by atomic mass is 16.1. The largest absolute Gasteiger partial charge is 0.383 e. The van der Waals surface area contributed by atoms with Gasteiger partial charge in [-0.05, 0) is 12.5 Å². The van der Waals surface area contributed by atoms with Crippen molar-refractivity contribution in [1.82, 2.24) is 4.90 Å². The van der Waals surface area contributed by atoms with Crippen molar-refractivity contribution in [3.63, 3.8) is 0 Å². The molecular formula is C12H15NO. The zero-order chi connectivity index (χ0) is 10.6. The van der Waals surface area contributed by atoms with Gasteiger partial charge in [-0.15, -0.1) is 0 Å². The third kappa shape index (κ3) is 2.73. The Hall–Kier alpha value is -1.57. The summed E-state index contributed by atoms with van der Waals surface area (Å²) in [5.74, 6) is 0.0526. The van der Waals surface area contributed by atoms with Gasteiger partial charge in [-0.2, -0.15) is 0 Å². The minimum Gasteiger partial charge on any atom is -0.383 e. The van der Waals surface area contributed by atoms with E-state index in [2.05, 4.69) is 0 Å². The van der Waals surface area contributed by atoms with Crippen LogP contribution in [0.5, 0.6) is 0 Å². The summed E-state index contributed by atoms with van der Waals surface area (Å²) >= 11 is 0. The van der Waals surface area contributed by atoms with E-state index < -0.39 is 0 Å². The lowest BCUT2D eigenvalue weighted by Crippen LogP contribution is -2.03. The fourth-order valence-electron chi connectivity index (χ4n) is 1.16. The Morgan fingerprint density at radius 3 is 2.50 bits per heavy atom. The smallest absolute Gasteiger partial charge is 0.187 e. The monoisotopic (exact) mass is 189 g/mol. The van der Waals surface area contributed by atoms with Crippen molar-refractivity contribution < 1.29 is 4.79 Å². The average molecular weight is 189 g/mol. The second kappa shape index (κ2) is 4.61. The first-order chi connectivity index (χ1) is 6.61. The zero-order valence-electron chi connectivity index (χ0n) is 8.82. The number of allylic oxidation sites excluding steroid dienone is 1. The van der Waals surface area contributed by atoms with Gasteiger partial charge in [0.05, 0.1) is 0 Å². The van der Waals surface area contributed by atoms with Crippen molar-refractivity contribution in [3.8, 4) is 0 Å². The number of benzene rings is 1. The van der Waals surface area contributed by atoms with Crippen molar-refractivity contribution >= 4 is 5.78 Å². The van der Waals surface area contributed by atoms with Gasteiger partial charge in [0.1, 0.15) is 0 Å². The third-order valence-electron chi connectivity index (χ3n) is 1.93. The molecule has 0 saturated heterocycles. The van der Waals surface area contributed by atoms with E-state index in [4.69, 9.17) is 0 Å². The van der Waals surface area contributed by atoms with Gasteiger partial charge in [0, 0.05) is 31.9 Å². The van der Waals surface area contributed by atoms with Crippen molar-refractivity contribution in [2.24, 2.45) is 0 Å². The van der Waals surface area contributed by atoms with E-state index in [9.17, 15) is 4.79 Å². The number of nitrogens with zero attached hydrogens (tertiary/aromatic N) is 1. The highest BCUT2D eigenvalue weighted by Gasteiger charge is 2.03. The molecule has 0 bridgehead atoms. The van der Waals surface area contributed by atoms with E-state index in [0.717, 1.165) is 11.1 Å². The minimum atomic E-state index is 0.0526. The average Bonchev–Trinajstić information content (AvgIpc) is 2.15. The predicted molar refractivity (Wildman–Crippen MR) is 58.3 cm³/mol. The third-order valence-corrected chi connectivity index (χ3v) is 1.93. The maximum absolute atomic E-state index is 11.7. The molecule has 1 rings (SSSR count). The Balaban J connectivity index is 2.85. The minimum absolute atomic E-state index is 0.0526. The molecule has 0 atom stereocenters. The molecular weight excluding hydrogens is 174 g/mol. The molecule has 2 heteroatoms. The van der Waals surface area contributed by atoms with Crippen LogP contribution in [0.15, 0.2) is 36.5 Å². The second-order valence-corrected chi connectivity index (χ2v) is 3.46. The van der Waals surface area contributed by atoms with E-state index >= 15 is 0 Å². The Bertz CT molecular complexity index is 353. The molecule has 1 aromatic carbocycles. The number of ketones is 1. The first-order valence-corrected chi connectivity index (χ1v) is 4.56. The number of hydrogen-bond acceptors (Lipinski definition) is 2. The van der Waals surface area contributed by atoms with E-state index in [1.54, 1.807) is 12.3 Å². The lowest BCUT2D eigenvalue weighted by molar-refractivity contribution is 0.104. The van der Waals surface area contributed by atoms with Crippen LogP contribution in [-0.4, -0.2) is 24.8 Å². The van der Waals surface area contributed by atoms with Crippen LogP contribution in [0.25, 0.3) is 0 Å². The topological polar surface area (TPSA) is 20.3 Å². The van der Waals surface area contributed by atoms with Crippen LogP contribution < -0.4 is 0 Å². The number of carbonyl (C=O) groups is 1. The van der Waals surface area contributed by atoms with Crippen molar-refractivity contribution in [2.45, 2.75) is 6.92 Å². The summed E-state index contributed by atoms with van der Waals surface area (Å²) in [6.07, 6.45) is 3.34. The summed E-state index contributed by atoms with van der Waals surface area (Å²) < 4.78 is 0. The highest BCUT2D eigenvalue weighted by Crippen LogP contribution is 2.08. The van der Waals surface area contributed by atoms with Gasteiger partial charge in [0.25, 0.3) is 0 Å². The molecule has 14 heavy (non-hydrogen) atoms. The van der Waals surface area contributed by atoms with Gasteiger partial charge in [-0.25, -0.2) is 0 Å². The summed E-state index contributed by atoms with van der Waals surface area (Å²) in [5.41, 5.74) is 1.78. The molecule has 0 aliphatic heterocycles. The van der Waals surface area contributed by atoms with Crippen LogP contribution in [0.4, 0.5) is 0 Å². The van der Waals surface area contributed by atoms with Crippen molar-refractivity contribution in [1.29, 1.82) is 0 Å². The zero-order valence-corrected chi connectivity index (χ0v) is 8.82. The van der Waals surface area contributed by atoms with Crippen LogP contribution in [0.2, 0.25) is 0 Å². The quantitative estimate of drug-likeness (QED) is 0.537. The van der Waals surface area contributed by atoms with Gasteiger partial charge in [0.15, 0.2) is 5.78 Å². The molecule has 0 radical (unpaired) electrons. The molecule has 2 nitrogen and oxygen atoms in total. The Labute approximate surface area is 84.9 Å². The first-order valence-electron chi connectivity index (χ1n) is 4.56. The Kier molecular flexibility index (Phi) is 3.46. The summed E-state index contributed by atoms with van der Waals surface area (Å²) in [7, 11) is 3.78. The van der Waals surface area contributed by atoms with E-state index in [0.29, 0.717) is 0 Å². The fraction of sp³-hybridized carbons (Fsp3) is 0.250.